The minimum atomic E-state index is -0.239. The fraction of sp³-hybridized carbons (Fsp3) is 0.611. The topological polar surface area (TPSA) is 116 Å². The molecule has 4 rings (SSSR count). The highest BCUT2D eigenvalue weighted by Gasteiger charge is 2.30. The van der Waals surface area contributed by atoms with Gasteiger partial charge < -0.3 is 4.90 Å². The molecule has 0 N–H and O–H groups in total. The third-order valence-electron chi connectivity index (χ3n) is 4.84. The number of rotatable bonds is 4. The first-order chi connectivity index (χ1) is 13.7. The summed E-state index contributed by atoms with van der Waals surface area (Å²) in [6.45, 7) is 11.6. The summed E-state index contributed by atoms with van der Waals surface area (Å²) in [6.07, 6.45) is 0.929. The molecule has 0 spiro atoms. The second-order valence-electron chi connectivity index (χ2n) is 8.30. The summed E-state index contributed by atoms with van der Waals surface area (Å²) in [4.78, 5) is 23.3. The smallest absolute Gasteiger partial charge is 0.186 e. The first-order valence-corrected chi connectivity index (χ1v) is 10.4. The predicted octanol–water partition coefficient (Wildman–Crippen LogP) is 2.12. The third kappa shape index (κ3) is 3.96. The van der Waals surface area contributed by atoms with Gasteiger partial charge in [0.05, 0.1) is 6.54 Å². The normalized spacial score (nSPS) is 17.4. The number of fused-ring (bicyclic) bond motifs is 1. The van der Waals surface area contributed by atoms with Gasteiger partial charge in [0.25, 0.3) is 0 Å². The quantitative estimate of drug-likeness (QED) is 0.626. The maximum absolute atomic E-state index is 11.5. The van der Waals surface area contributed by atoms with Gasteiger partial charge in [-0.05, 0) is 13.3 Å². The number of carbonyl (C=O) groups excluding carboxylic acids is 1. The molecule has 0 radical (unpaired) electrons. The second kappa shape index (κ2) is 7.36. The molecule has 3 aromatic heterocycles. The van der Waals surface area contributed by atoms with Gasteiger partial charge >= 0.3 is 0 Å². The van der Waals surface area contributed by atoms with Crippen molar-refractivity contribution in [3.63, 3.8) is 0 Å². The number of aryl methyl sites for hydroxylation is 1. The van der Waals surface area contributed by atoms with Crippen LogP contribution in [0, 0.1) is 6.92 Å². The number of thioether (sulfide) groups is 1. The Bertz CT molecular complexity index is 1050. The van der Waals surface area contributed by atoms with Crippen LogP contribution in [0.15, 0.2) is 4.63 Å². The maximum atomic E-state index is 11.5. The number of nitrogens with zero attached hydrogens (tertiary/aromatic N) is 8. The van der Waals surface area contributed by atoms with Gasteiger partial charge in [0.2, 0.25) is 0 Å². The van der Waals surface area contributed by atoms with Gasteiger partial charge in [0.15, 0.2) is 22.1 Å². The van der Waals surface area contributed by atoms with E-state index in [4.69, 9.17) is 14.6 Å². The fourth-order valence-corrected chi connectivity index (χ4v) is 4.24. The summed E-state index contributed by atoms with van der Waals surface area (Å²) in [5.41, 5.74) is 2.47. The molecule has 0 amide bonds. The Kier molecular flexibility index (Phi) is 5.01. The van der Waals surface area contributed by atoms with E-state index in [1.165, 1.54) is 11.8 Å². The standard InChI is InChI=1S/C18H24N8O2S/c1-10-13(23-28-22-10)9-26-16-14(21-24-26)15(19-17(20-16)18(3,4)5)25-7-6-12(8-25)29-11(2)27/h12H,6-9H2,1-5H3. The Morgan fingerprint density at radius 3 is 2.72 bits per heavy atom. The maximum Gasteiger partial charge on any atom is 0.186 e. The lowest BCUT2D eigenvalue weighted by Crippen LogP contribution is -2.25. The summed E-state index contributed by atoms with van der Waals surface area (Å²) >= 11 is 1.39. The molecule has 1 unspecified atom stereocenters. The van der Waals surface area contributed by atoms with Crippen LogP contribution >= 0.6 is 11.8 Å². The number of hydrogen-bond donors (Lipinski definition) is 0. The average molecular weight is 417 g/mol. The first-order valence-electron chi connectivity index (χ1n) is 9.54. The summed E-state index contributed by atoms with van der Waals surface area (Å²) in [5.74, 6) is 1.49. The van der Waals surface area contributed by atoms with Crippen molar-refractivity contribution in [1.82, 2.24) is 35.3 Å². The van der Waals surface area contributed by atoms with Gasteiger partial charge in [0, 0.05) is 30.7 Å². The molecule has 4 heterocycles. The monoisotopic (exact) mass is 416 g/mol. The van der Waals surface area contributed by atoms with Crippen molar-refractivity contribution in [1.29, 1.82) is 0 Å². The average Bonchev–Trinajstić information content (AvgIpc) is 3.35. The van der Waals surface area contributed by atoms with Crippen LogP contribution in [0.25, 0.3) is 11.2 Å². The molecule has 3 aromatic rings. The molecule has 1 atom stereocenters. The van der Waals surface area contributed by atoms with E-state index >= 15 is 0 Å². The van der Waals surface area contributed by atoms with E-state index in [0.29, 0.717) is 29.1 Å². The summed E-state index contributed by atoms with van der Waals surface area (Å²) in [5, 5.41) is 16.8. The SMILES string of the molecule is CC(=O)SC1CCN(c2nc(C(C)(C)C)nc3c2nnn3Cc2nonc2C)C1. The molecule has 1 aliphatic rings. The molecular formula is C18H24N8O2S. The number of aromatic nitrogens is 7. The van der Waals surface area contributed by atoms with Crippen LogP contribution < -0.4 is 4.90 Å². The Hall–Kier alpha value is -2.56. The van der Waals surface area contributed by atoms with Gasteiger partial charge in [0.1, 0.15) is 17.2 Å². The predicted molar refractivity (Wildman–Crippen MR) is 109 cm³/mol. The van der Waals surface area contributed by atoms with Crippen LogP contribution in [0.3, 0.4) is 0 Å². The summed E-state index contributed by atoms with van der Waals surface area (Å²) in [6, 6.07) is 0. The van der Waals surface area contributed by atoms with E-state index < -0.39 is 0 Å². The lowest BCUT2D eigenvalue weighted by atomic mass is 9.96. The highest BCUT2D eigenvalue weighted by Crippen LogP contribution is 2.32. The molecule has 0 aromatic carbocycles. The van der Waals surface area contributed by atoms with Gasteiger partial charge in [-0.15, -0.1) is 5.10 Å². The molecule has 0 aliphatic carbocycles. The summed E-state index contributed by atoms with van der Waals surface area (Å²) < 4.78 is 6.51. The van der Waals surface area contributed by atoms with Crippen LogP contribution in [0.5, 0.6) is 0 Å². The van der Waals surface area contributed by atoms with E-state index in [1.54, 1.807) is 11.6 Å². The summed E-state index contributed by atoms with van der Waals surface area (Å²) in [7, 11) is 0. The van der Waals surface area contributed by atoms with Crippen molar-refractivity contribution in [3.8, 4) is 0 Å². The molecule has 154 valence electrons. The minimum Gasteiger partial charge on any atom is -0.353 e. The highest BCUT2D eigenvalue weighted by molar-refractivity contribution is 8.14. The van der Waals surface area contributed by atoms with Crippen LogP contribution in [-0.4, -0.2) is 58.7 Å². The third-order valence-corrected chi connectivity index (χ3v) is 5.89. The van der Waals surface area contributed by atoms with Crippen LogP contribution in [-0.2, 0) is 16.8 Å². The van der Waals surface area contributed by atoms with Gasteiger partial charge in [-0.2, -0.15) is 0 Å². The van der Waals surface area contributed by atoms with Crippen LogP contribution in [0.1, 0.15) is 51.3 Å². The van der Waals surface area contributed by atoms with Crippen molar-refractivity contribution in [2.24, 2.45) is 0 Å². The molecule has 11 heteroatoms. The number of hydrogen-bond acceptors (Lipinski definition) is 10. The molecule has 1 fully saturated rings. The fourth-order valence-electron chi connectivity index (χ4n) is 3.29. The number of anilines is 1. The van der Waals surface area contributed by atoms with Crippen molar-refractivity contribution in [2.45, 2.75) is 58.2 Å². The van der Waals surface area contributed by atoms with E-state index in [2.05, 4.69) is 46.3 Å². The van der Waals surface area contributed by atoms with Gasteiger partial charge in [-0.25, -0.2) is 19.3 Å². The molecular weight excluding hydrogens is 392 g/mol. The Morgan fingerprint density at radius 1 is 1.28 bits per heavy atom. The van der Waals surface area contributed by atoms with Crippen molar-refractivity contribution in [3.05, 3.63) is 17.2 Å². The van der Waals surface area contributed by atoms with Gasteiger partial charge in [-0.1, -0.05) is 48.1 Å². The first kappa shape index (κ1) is 19.7. The molecule has 1 saturated heterocycles. The zero-order valence-corrected chi connectivity index (χ0v) is 18.0. The van der Waals surface area contributed by atoms with Gasteiger partial charge in [-0.3, -0.25) is 4.79 Å². The van der Waals surface area contributed by atoms with E-state index in [9.17, 15) is 4.79 Å². The Labute approximate surface area is 172 Å². The van der Waals surface area contributed by atoms with Crippen LogP contribution in [0.2, 0.25) is 0 Å². The largest absolute Gasteiger partial charge is 0.353 e. The molecule has 10 nitrogen and oxygen atoms in total. The minimum absolute atomic E-state index is 0.141. The Balaban J connectivity index is 1.76. The molecule has 29 heavy (non-hydrogen) atoms. The zero-order chi connectivity index (χ0) is 20.8. The molecule has 0 bridgehead atoms. The van der Waals surface area contributed by atoms with Crippen molar-refractivity contribution >= 4 is 33.9 Å². The van der Waals surface area contributed by atoms with Crippen molar-refractivity contribution < 1.29 is 9.42 Å². The second-order valence-corrected chi connectivity index (χ2v) is 9.78. The van der Waals surface area contributed by atoms with E-state index in [0.717, 1.165) is 31.2 Å². The zero-order valence-electron chi connectivity index (χ0n) is 17.2. The van der Waals surface area contributed by atoms with Crippen LogP contribution in [0.4, 0.5) is 5.82 Å². The Morgan fingerprint density at radius 2 is 2.07 bits per heavy atom. The van der Waals surface area contributed by atoms with E-state index in [1.807, 2.05) is 6.92 Å². The van der Waals surface area contributed by atoms with E-state index in [-0.39, 0.29) is 15.8 Å². The number of carbonyl (C=O) groups is 1. The highest BCUT2D eigenvalue weighted by atomic mass is 32.2. The lowest BCUT2D eigenvalue weighted by Gasteiger charge is -2.22. The molecule has 1 aliphatic heterocycles. The molecule has 0 saturated carbocycles. The van der Waals surface area contributed by atoms with Crippen molar-refractivity contribution in [2.75, 3.05) is 18.0 Å². The lowest BCUT2D eigenvalue weighted by molar-refractivity contribution is -0.109.